The maximum Gasteiger partial charge on any atom is 0.321 e. The molecule has 2 amide bonds. The number of H-pyrrole nitrogens is 1. The molecule has 166 valence electrons. The monoisotopic (exact) mass is 457 g/mol. The van der Waals surface area contributed by atoms with Crippen molar-refractivity contribution < 1.29 is 4.79 Å². The molecule has 0 fully saturated rings. The summed E-state index contributed by atoms with van der Waals surface area (Å²) in [6, 6.07) is 19.4. The van der Waals surface area contributed by atoms with E-state index in [2.05, 4.69) is 56.9 Å². The van der Waals surface area contributed by atoms with Crippen molar-refractivity contribution in [3.8, 4) is 0 Å². The minimum absolute atomic E-state index is 0.280. The summed E-state index contributed by atoms with van der Waals surface area (Å²) in [5.74, 6) is 1.63. The maximum atomic E-state index is 12.4. The number of urea groups is 1. The van der Waals surface area contributed by atoms with Crippen LogP contribution in [0, 0.1) is 0 Å². The van der Waals surface area contributed by atoms with Gasteiger partial charge in [0.15, 0.2) is 5.65 Å². The summed E-state index contributed by atoms with van der Waals surface area (Å²) in [6.07, 6.45) is 2.06. The van der Waals surface area contributed by atoms with Crippen LogP contribution in [0.3, 0.4) is 0 Å². The lowest BCUT2D eigenvalue weighted by Gasteiger charge is -2.11. The van der Waals surface area contributed by atoms with E-state index < -0.39 is 0 Å². The number of nitrogens with zero attached hydrogens (tertiary/aromatic N) is 4. The van der Waals surface area contributed by atoms with Crippen LogP contribution in [0.25, 0.3) is 16.7 Å². The Morgan fingerprint density at radius 1 is 1.06 bits per heavy atom. The van der Waals surface area contributed by atoms with E-state index in [4.69, 9.17) is 0 Å². The van der Waals surface area contributed by atoms with Gasteiger partial charge in [-0.15, -0.1) is 10.2 Å². The van der Waals surface area contributed by atoms with E-state index >= 15 is 0 Å². The summed E-state index contributed by atoms with van der Waals surface area (Å²) < 4.78 is 2.04. The van der Waals surface area contributed by atoms with E-state index in [-0.39, 0.29) is 11.9 Å². The Kier molecular flexibility index (Phi) is 5.70. The zero-order valence-corrected chi connectivity index (χ0v) is 19.1. The summed E-state index contributed by atoms with van der Waals surface area (Å²) >= 11 is 1.64. The van der Waals surface area contributed by atoms with Crippen molar-refractivity contribution in [3.63, 3.8) is 0 Å². The number of carbonyl (C=O) groups is 1. The lowest BCUT2D eigenvalue weighted by Crippen LogP contribution is -2.28. The number of rotatable bonds is 6. The van der Waals surface area contributed by atoms with Gasteiger partial charge in [-0.25, -0.2) is 9.78 Å². The Balaban J connectivity index is 1.28. The van der Waals surface area contributed by atoms with Crippen molar-refractivity contribution in [1.29, 1.82) is 0 Å². The predicted molar refractivity (Wildman–Crippen MR) is 130 cm³/mol. The lowest BCUT2D eigenvalue weighted by molar-refractivity contribution is 0.251. The minimum Gasteiger partial charge on any atom is -0.334 e. The first-order valence-corrected chi connectivity index (χ1v) is 11.5. The molecule has 33 heavy (non-hydrogen) atoms. The Labute approximate surface area is 194 Å². The maximum absolute atomic E-state index is 12.4. The van der Waals surface area contributed by atoms with Crippen LogP contribution in [0.5, 0.6) is 0 Å². The van der Waals surface area contributed by atoms with Crippen LogP contribution in [-0.4, -0.2) is 30.6 Å². The van der Waals surface area contributed by atoms with Gasteiger partial charge in [-0.1, -0.05) is 55.9 Å². The number of anilines is 1. The van der Waals surface area contributed by atoms with Gasteiger partial charge in [-0.3, -0.25) is 9.72 Å². The third kappa shape index (κ3) is 4.54. The van der Waals surface area contributed by atoms with Crippen LogP contribution in [0.4, 0.5) is 10.7 Å². The molecule has 0 aliphatic heterocycles. The number of carbonyl (C=O) groups excluding carboxylic acids is 1. The molecule has 8 nitrogen and oxygen atoms in total. The van der Waals surface area contributed by atoms with Crippen molar-refractivity contribution in [2.75, 3.05) is 5.32 Å². The van der Waals surface area contributed by atoms with E-state index in [0.717, 1.165) is 37.9 Å². The summed E-state index contributed by atoms with van der Waals surface area (Å²) in [6.45, 7) is 4.60. The van der Waals surface area contributed by atoms with Gasteiger partial charge in [0.25, 0.3) is 0 Å². The average molecular weight is 458 g/mol. The second-order valence-electron chi connectivity index (χ2n) is 7.93. The number of fused-ring (bicyclic) bond motifs is 2. The zero-order valence-electron chi connectivity index (χ0n) is 18.2. The number of benzene rings is 2. The van der Waals surface area contributed by atoms with Gasteiger partial charge in [0.05, 0.1) is 11.0 Å². The number of hydrogen-bond donors (Lipinski definition) is 3. The first kappa shape index (κ1) is 21.0. The van der Waals surface area contributed by atoms with E-state index in [0.29, 0.717) is 12.5 Å². The molecule has 3 heterocycles. The van der Waals surface area contributed by atoms with Crippen LogP contribution in [0.2, 0.25) is 0 Å². The molecule has 5 aromatic rings. The molecule has 9 heteroatoms. The average Bonchev–Trinajstić information content (AvgIpc) is 3.41. The topological polar surface area (TPSA) is 100 Å². The number of imidazole rings is 1. The summed E-state index contributed by atoms with van der Waals surface area (Å²) in [5, 5.41) is 14.2. The van der Waals surface area contributed by atoms with E-state index in [9.17, 15) is 4.79 Å². The molecule has 0 radical (unpaired) electrons. The SMILES string of the molecule is CC(C)c1nnc2ccc(Sc3ccccc3CNC(=O)Nc3nc4ccccc4[nH]3)cn12. The van der Waals surface area contributed by atoms with Crippen LogP contribution in [-0.2, 0) is 6.54 Å². The fourth-order valence-electron chi connectivity index (χ4n) is 3.56. The largest absolute Gasteiger partial charge is 0.334 e. The zero-order chi connectivity index (χ0) is 22.8. The molecule has 3 aromatic heterocycles. The van der Waals surface area contributed by atoms with E-state index in [1.165, 1.54) is 0 Å². The number of pyridine rings is 1. The molecule has 5 rings (SSSR count). The molecular weight excluding hydrogens is 434 g/mol. The van der Waals surface area contributed by atoms with Gasteiger partial charge in [-0.05, 0) is 35.9 Å². The van der Waals surface area contributed by atoms with Crippen molar-refractivity contribution in [3.05, 3.63) is 78.2 Å². The first-order valence-electron chi connectivity index (χ1n) is 10.7. The predicted octanol–water partition coefficient (Wildman–Crippen LogP) is 5.20. The van der Waals surface area contributed by atoms with E-state index in [1.54, 1.807) is 11.8 Å². The third-order valence-corrected chi connectivity index (χ3v) is 6.27. The number of amides is 2. The molecule has 2 aromatic carbocycles. The fraction of sp³-hybridized carbons (Fsp3) is 0.167. The number of para-hydroxylation sites is 2. The molecule has 0 saturated heterocycles. The summed E-state index contributed by atoms with van der Waals surface area (Å²) in [5.41, 5.74) is 3.54. The molecule has 0 atom stereocenters. The van der Waals surface area contributed by atoms with Crippen LogP contribution < -0.4 is 10.6 Å². The van der Waals surface area contributed by atoms with Gasteiger partial charge in [0.2, 0.25) is 5.95 Å². The van der Waals surface area contributed by atoms with Gasteiger partial charge in [0, 0.05) is 28.5 Å². The highest BCUT2D eigenvalue weighted by Crippen LogP contribution is 2.31. The highest BCUT2D eigenvalue weighted by Gasteiger charge is 2.12. The van der Waals surface area contributed by atoms with Crippen LogP contribution in [0.1, 0.15) is 31.2 Å². The number of hydrogen-bond acceptors (Lipinski definition) is 5. The quantitative estimate of drug-likeness (QED) is 0.325. The Hall–Kier alpha value is -3.85. The molecule has 0 aliphatic carbocycles. The second kappa shape index (κ2) is 8.95. The minimum atomic E-state index is -0.318. The first-order chi connectivity index (χ1) is 16.1. The van der Waals surface area contributed by atoms with Crippen LogP contribution >= 0.6 is 11.8 Å². The molecule has 0 unspecified atom stereocenters. The Morgan fingerprint density at radius 2 is 1.88 bits per heavy atom. The highest BCUT2D eigenvalue weighted by molar-refractivity contribution is 7.99. The van der Waals surface area contributed by atoms with E-state index in [1.807, 2.05) is 59.0 Å². The lowest BCUT2D eigenvalue weighted by atomic mass is 10.2. The van der Waals surface area contributed by atoms with Gasteiger partial charge >= 0.3 is 6.03 Å². The van der Waals surface area contributed by atoms with Gasteiger partial charge in [0.1, 0.15) is 5.82 Å². The van der Waals surface area contributed by atoms with Gasteiger partial charge < -0.3 is 10.3 Å². The Morgan fingerprint density at radius 3 is 2.73 bits per heavy atom. The number of aromatic amines is 1. The van der Waals surface area contributed by atoms with Gasteiger partial charge in [-0.2, -0.15) is 0 Å². The summed E-state index contributed by atoms with van der Waals surface area (Å²) in [7, 11) is 0. The molecular formula is C24H23N7OS. The molecule has 0 aliphatic rings. The smallest absolute Gasteiger partial charge is 0.321 e. The number of aromatic nitrogens is 5. The molecule has 3 N–H and O–H groups in total. The van der Waals surface area contributed by atoms with Crippen molar-refractivity contribution in [2.45, 2.75) is 36.1 Å². The highest BCUT2D eigenvalue weighted by atomic mass is 32.2. The van der Waals surface area contributed by atoms with Crippen molar-refractivity contribution in [2.24, 2.45) is 0 Å². The molecule has 0 saturated carbocycles. The van der Waals surface area contributed by atoms with Crippen molar-refractivity contribution in [1.82, 2.24) is 29.9 Å². The Bertz CT molecular complexity index is 1410. The molecule has 0 bridgehead atoms. The molecule has 0 spiro atoms. The standard InChI is InChI=1S/C24H23N7OS/c1-15(2)22-30-29-21-12-11-17(14-31(21)22)33-20-10-6-3-7-16(20)13-25-24(32)28-23-26-18-8-4-5-9-19(18)27-23/h3-12,14-15H,13H2,1-2H3,(H3,25,26,27,28,32). The summed E-state index contributed by atoms with van der Waals surface area (Å²) in [4.78, 5) is 22.1. The second-order valence-corrected chi connectivity index (χ2v) is 9.04. The van der Waals surface area contributed by atoms with Crippen LogP contribution in [0.15, 0.2) is 76.7 Å². The number of nitrogens with one attached hydrogen (secondary N) is 3. The fourth-order valence-corrected chi connectivity index (χ4v) is 4.52. The normalized spacial score (nSPS) is 11.4. The van der Waals surface area contributed by atoms with Crippen molar-refractivity contribution >= 4 is 40.4 Å². The third-order valence-electron chi connectivity index (χ3n) is 5.18.